The molecule has 0 unspecified atom stereocenters. The molecule has 0 saturated carbocycles. The Labute approximate surface area is 95.2 Å². The maximum atomic E-state index is 5.62. The molecular formula is C8H11BrN6. The fraction of sp³-hybridized carbons (Fsp3) is 0.375. The zero-order valence-electron chi connectivity index (χ0n) is 8.48. The van der Waals surface area contributed by atoms with E-state index >= 15 is 0 Å². The average Bonchev–Trinajstić information content (AvgIpc) is 2.65. The number of rotatable bonds is 2. The van der Waals surface area contributed by atoms with E-state index < -0.39 is 0 Å². The second-order valence-corrected chi connectivity index (χ2v) is 4.14. The maximum absolute atomic E-state index is 5.62. The highest BCUT2D eigenvalue weighted by atomic mass is 79.9. The summed E-state index contributed by atoms with van der Waals surface area (Å²) >= 11 is 3.30. The third-order valence-corrected chi connectivity index (χ3v) is 2.84. The molecule has 2 rings (SSSR count). The Bertz CT molecular complexity index is 466. The number of aryl methyl sites for hydroxylation is 1. The molecule has 80 valence electrons. The van der Waals surface area contributed by atoms with Crippen LogP contribution in [0.1, 0.15) is 11.6 Å². The van der Waals surface area contributed by atoms with Crippen LogP contribution in [-0.2, 0) is 13.6 Å². The second kappa shape index (κ2) is 3.65. The van der Waals surface area contributed by atoms with Gasteiger partial charge in [-0.15, -0.1) is 10.2 Å². The third-order valence-electron chi connectivity index (χ3n) is 2.23. The summed E-state index contributed by atoms with van der Waals surface area (Å²) in [6.07, 6.45) is 1.82. The van der Waals surface area contributed by atoms with Crippen molar-refractivity contribution < 1.29 is 0 Å². The normalized spacial score (nSPS) is 10.9. The molecule has 0 saturated heterocycles. The number of nitrogen functional groups attached to an aromatic ring is 1. The lowest BCUT2D eigenvalue weighted by molar-refractivity contribution is 0.629. The number of anilines is 1. The van der Waals surface area contributed by atoms with Crippen molar-refractivity contribution in [3.05, 3.63) is 22.3 Å². The lowest BCUT2D eigenvalue weighted by Gasteiger charge is -2.01. The lowest BCUT2D eigenvalue weighted by Crippen LogP contribution is -2.07. The summed E-state index contributed by atoms with van der Waals surface area (Å²) in [6.45, 7) is 2.47. The molecule has 2 aromatic rings. The fourth-order valence-electron chi connectivity index (χ4n) is 1.23. The quantitative estimate of drug-likeness (QED) is 0.873. The van der Waals surface area contributed by atoms with E-state index in [1.165, 1.54) is 0 Å². The van der Waals surface area contributed by atoms with Crippen LogP contribution in [0.2, 0.25) is 0 Å². The minimum absolute atomic E-state index is 0.480. The van der Waals surface area contributed by atoms with Crippen molar-refractivity contribution in [1.29, 1.82) is 0 Å². The van der Waals surface area contributed by atoms with Crippen LogP contribution in [0.15, 0.2) is 10.7 Å². The van der Waals surface area contributed by atoms with Gasteiger partial charge < -0.3 is 10.3 Å². The van der Waals surface area contributed by atoms with Crippen molar-refractivity contribution in [2.45, 2.75) is 13.5 Å². The van der Waals surface area contributed by atoms with Crippen molar-refractivity contribution in [3.63, 3.8) is 0 Å². The van der Waals surface area contributed by atoms with E-state index in [4.69, 9.17) is 5.73 Å². The largest absolute Gasteiger partial charge is 0.381 e. The van der Waals surface area contributed by atoms with E-state index in [1.807, 2.05) is 24.7 Å². The first-order valence-corrected chi connectivity index (χ1v) is 5.20. The Kier molecular flexibility index (Phi) is 2.47. The van der Waals surface area contributed by atoms with Gasteiger partial charge in [-0.3, -0.25) is 4.68 Å². The lowest BCUT2D eigenvalue weighted by atomic mass is 10.5. The van der Waals surface area contributed by atoms with E-state index in [9.17, 15) is 0 Å². The van der Waals surface area contributed by atoms with E-state index in [2.05, 4.69) is 31.2 Å². The molecule has 0 amide bonds. The molecule has 7 heteroatoms. The van der Waals surface area contributed by atoms with Crippen LogP contribution in [-0.4, -0.2) is 24.5 Å². The first kappa shape index (κ1) is 10.2. The van der Waals surface area contributed by atoms with Gasteiger partial charge in [-0.2, -0.15) is 5.10 Å². The van der Waals surface area contributed by atoms with Gasteiger partial charge in [0, 0.05) is 13.2 Å². The number of hydrogen-bond acceptors (Lipinski definition) is 4. The van der Waals surface area contributed by atoms with Crippen LogP contribution >= 0.6 is 15.9 Å². The third kappa shape index (κ3) is 1.87. The summed E-state index contributed by atoms with van der Waals surface area (Å²) in [4.78, 5) is 0. The van der Waals surface area contributed by atoms with Crippen LogP contribution in [0.25, 0.3) is 0 Å². The van der Waals surface area contributed by atoms with Gasteiger partial charge in [0.25, 0.3) is 0 Å². The van der Waals surface area contributed by atoms with Crippen molar-refractivity contribution >= 4 is 21.7 Å². The molecule has 2 heterocycles. The van der Waals surface area contributed by atoms with Gasteiger partial charge in [0.15, 0.2) is 11.6 Å². The molecule has 0 atom stereocenters. The average molecular weight is 271 g/mol. The number of hydrogen-bond donors (Lipinski definition) is 1. The SMILES string of the molecule is Cc1nnc(Cn2cc(Br)c(N)n2)n1C. The van der Waals surface area contributed by atoms with Gasteiger partial charge >= 0.3 is 0 Å². The van der Waals surface area contributed by atoms with Gasteiger partial charge in [-0.25, -0.2) is 0 Å². The zero-order valence-corrected chi connectivity index (χ0v) is 10.1. The van der Waals surface area contributed by atoms with E-state index in [0.29, 0.717) is 12.4 Å². The highest BCUT2D eigenvalue weighted by Gasteiger charge is 2.08. The van der Waals surface area contributed by atoms with Crippen molar-refractivity contribution in [1.82, 2.24) is 24.5 Å². The van der Waals surface area contributed by atoms with Gasteiger partial charge in [0.1, 0.15) is 12.4 Å². The molecule has 2 aromatic heterocycles. The smallest absolute Gasteiger partial charge is 0.159 e. The number of nitrogens with zero attached hydrogens (tertiary/aromatic N) is 5. The Morgan fingerprint density at radius 1 is 1.47 bits per heavy atom. The van der Waals surface area contributed by atoms with Crippen molar-refractivity contribution in [2.75, 3.05) is 5.73 Å². The first-order valence-electron chi connectivity index (χ1n) is 4.41. The Balaban J connectivity index is 2.25. The Hall–Kier alpha value is -1.37. The summed E-state index contributed by atoms with van der Waals surface area (Å²) in [5.74, 6) is 2.21. The molecule has 0 spiro atoms. The van der Waals surface area contributed by atoms with E-state index in [-0.39, 0.29) is 0 Å². The predicted octanol–water partition coefficient (Wildman–Crippen LogP) is 0.713. The molecule has 15 heavy (non-hydrogen) atoms. The van der Waals surface area contributed by atoms with Gasteiger partial charge in [0.05, 0.1) is 4.47 Å². The zero-order chi connectivity index (χ0) is 11.0. The fourth-order valence-corrected chi connectivity index (χ4v) is 1.54. The predicted molar refractivity (Wildman–Crippen MR) is 59.2 cm³/mol. The summed E-state index contributed by atoms with van der Waals surface area (Å²) in [7, 11) is 1.92. The molecule has 0 bridgehead atoms. The minimum Gasteiger partial charge on any atom is -0.381 e. The van der Waals surface area contributed by atoms with E-state index in [0.717, 1.165) is 16.1 Å². The van der Waals surface area contributed by atoms with Gasteiger partial charge in [0.2, 0.25) is 0 Å². The van der Waals surface area contributed by atoms with Crippen LogP contribution in [0.3, 0.4) is 0 Å². The molecule has 0 aromatic carbocycles. The van der Waals surface area contributed by atoms with Crippen LogP contribution < -0.4 is 5.73 Å². The number of halogens is 1. The summed E-state index contributed by atoms with van der Waals surface area (Å²) < 4.78 is 4.44. The minimum atomic E-state index is 0.480. The maximum Gasteiger partial charge on any atom is 0.159 e. The molecule has 0 aliphatic carbocycles. The van der Waals surface area contributed by atoms with Crippen LogP contribution in [0.4, 0.5) is 5.82 Å². The monoisotopic (exact) mass is 270 g/mol. The van der Waals surface area contributed by atoms with Crippen molar-refractivity contribution in [2.24, 2.45) is 7.05 Å². The summed E-state index contributed by atoms with van der Waals surface area (Å²) in [5, 5.41) is 12.1. The summed E-state index contributed by atoms with van der Waals surface area (Å²) in [5.41, 5.74) is 5.62. The van der Waals surface area contributed by atoms with Crippen molar-refractivity contribution in [3.8, 4) is 0 Å². The molecule has 6 nitrogen and oxygen atoms in total. The molecule has 2 N–H and O–H groups in total. The number of nitrogens with two attached hydrogens (primary N) is 1. The van der Waals surface area contributed by atoms with Gasteiger partial charge in [-0.1, -0.05) is 0 Å². The van der Waals surface area contributed by atoms with Crippen LogP contribution in [0.5, 0.6) is 0 Å². The highest BCUT2D eigenvalue weighted by Crippen LogP contribution is 2.16. The molecule has 0 fully saturated rings. The second-order valence-electron chi connectivity index (χ2n) is 3.28. The molecule has 0 aliphatic heterocycles. The molecule has 0 radical (unpaired) electrons. The topological polar surface area (TPSA) is 74.6 Å². The Morgan fingerprint density at radius 2 is 2.20 bits per heavy atom. The number of aromatic nitrogens is 5. The molecule has 0 aliphatic rings. The Morgan fingerprint density at radius 3 is 2.67 bits per heavy atom. The van der Waals surface area contributed by atoms with Crippen LogP contribution in [0, 0.1) is 6.92 Å². The summed E-state index contributed by atoms with van der Waals surface area (Å²) in [6, 6.07) is 0. The first-order chi connectivity index (χ1) is 7.08. The highest BCUT2D eigenvalue weighted by molar-refractivity contribution is 9.10. The molecular weight excluding hydrogens is 260 g/mol. The van der Waals surface area contributed by atoms with Gasteiger partial charge in [-0.05, 0) is 22.9 Å². The standard InChI is InChI=1S/C8H11BrN6/c1-5-11-12-7(14(5)2)4-15-3-6(9)8(10)13-15/h3H,4H2,1-2H3,(H2,10,13). The van der Waals surface area contributed by atoms with E-state index in [1.54, 1.807) is 4.68 Å².